The Hall–Kier alpha value is -2.79. The number of thiazole rings is 1. The van der Waals surface area contributed by atoms with Crippen molar-refractivity contribution in [1.29, 1.82) is 0 Å². The fourth-order valence-electron chi connectivity index (χ4n) is 3.08. The van der Waals surface area contributed by atoms with Gasteiger partial charge in [-0.3, -0.25) is 9.29 Å². The van der Waals surface area contributed by atoms with Gasteiger partial charge in [-0.1, -0.05) is 5.18 Å². The summed E-state index contributed by atoms with van der Waals surface area (Å²) in [5, 5.41) is 3.92. The van der Waals surface area contributed by atoms with Crippen LogP contribution in [-0.4, -0.2) is 41.2 Å². The van der Waals surface area contributed by atoms with E-state index in [0.29, 0.717) is 5.69 Å². The van der Waals surface area contributed by atoms with Crippen molar-refractivity contribution >= 4 is 27.2 Å². The summed E-state index contributed by atoms with van der Waals surface area (Å²) in [6.45, 7) is 2.02. The van der Waals surface area contributed by atoms with Crippen LogP contribution in [0.5, 0.6) is 0 Å². The Labute approximate surface area is 165 Å². The molecule has 3 aromatic heterocycles. The van der Waals surface area contributed by atoms with Gasteiger partial charge in [0.15, 0.2) is 5.82 Å². The lowest BCUT2D eigenvalue weighted by Crippen LogP contribution is -2.36. The molecule has 0 N–H and O–H groups in total. The smallest absolute Gasteiger partial charge is 0.233 e. The highest BCUT2D eigenvalue weighted by Gasteiger charge is 2.34. The minimum absolute atomic E-state index is 0.154. The average molecular weight is 416 g/mol. The largest absolute Gasteiger partial charge is 0.264 e. The molecule has 0 fully saturated rings. The van der Waals surface area contributed by atoms with Gasteiger partial charge in [-0.05, 0) is 25.5 Å². The van der Waals surface area contributed by atoms with Crippen molar-refractivity contribution < 1.29 is 8.42 Å². The number of fused-ring (bicyclic) bond motifs is 1. The van der Waals surface area contributed by atoms with E-state index in [9.17, 15) is 13.3 Å². The van der Waals surface area contributed by atoms with E-state index < -0.39 is 16.1 Å². The van der Waals surface area contributed by atoms with Crippen molar-refractivity contribution in [3.05, 3.63) is 47.0 Å². The molecule has 0 radical (unpaired) electrons. The second-order valence-corrected chi connectivity index (χ2v) is 9.29. The number of sulfonamides is 1. The highest BCUT2D eigenvalue weighted by molar-refractivity contribution is 7.92. The maximum Gasteiger partial charge on any atom is 0.233 e. The summed E-state index contributed by atoms with van der Waals surface area (Å²) in [7, 11) is -3.52. The van der Waals surface area contributed by atoms with E-state index in [1.807, 2.05) is 19.1 Å². The fourth-order valence-corrected chi connectivity index (χ4v) is 4.98. The minimum Gasteiger partial charge on any atom is -0.264 e. The van der Waals surface area contributed by atoms with Crippen LogP contribution < -0.4 is 4.31 Å². The third-order valence-electron chi connectivity index (χ3n) is 4.40. The summed E-state index contributed by atoms with van der Waals surface area (Å²) >= 11 is 1.44. The standard InChI is InChI=1S/C17H16N6O3S2/c1-10-15(27-17(20-10)11-4-3-6-18-8-11)13-9-19-16-14(21-13)12(22-24)5-7-23(16)28(2,25)26/h3-4,6,8-9,12H,5,7H2,1-2H3. The normalized spacial score (nSPS) is 16.6. The van der Waals surface area contributed by atoms with Gasteiger partial charge in [0.1, 0.15) is 22.4 Å². The average Bonchev–Trinajstić information content (AvgIpc) is 3.08. The number of aryl methyl sites for hydroxylation is 1. The Morgan fingerprint density at radius 2 is 2.11 bits per heavy atom. The summed E-state index contributed by atoms with van der Waals surface area (Å²) in [6.07, 6.45) is 6.31. The fraction of sp³-hybridized carbons (Fsp3) is 0.294. The van der Waals surface area contributed by atoms with E-state index in [1.54, 1.807) is 12.4 Å². The Morgan fingerprint density at radius 3 is 2.79 bits per heavy atom. The molecule has 1 atom stereocenters. The van der Waals surface area contributed by atoms with Crippen LogP contribution in [0.2, 0.25) is 0 Å². The summed E-state index contributed by atoms with van der Waals surface area (Å²) in [4.78, 5) is 29.7. The van der Waals surface area contributed by atoms with E-state index in [0.717, 1.165) is 27.4 Å². The molecule has 1 unspecified atom stereocenters. The number of nitrogens with zero attached hydrogens (tertiary/aromatic N) is 6. The molecule has 0 amide bonds. The maximum atomic E-state index is 12.0. The molecule has 11 heteroatoms. The zero-order chi connectivity index (χ0) is 19.9. The van der Waals surface area contributed by atoms with Crippen molar-refractivity contribution in [3.8, 4) is 21.1 Å². The zero-order valence-electron chi connectivity index (χ0n) is 15.1. The second kappa shape index (κ2) is 6.99. The number of anilines is 1. The van der Waals surface area contributed by atoms with Crippen LogP contribution in [0.1, 0.15) is 23.9 Å². The number of rotatable bonds is 4. The first-order valence-corrected chi connectivity index (χ1v) is 11.1. The molecule has 0 saturated heterocycles. The molecule has 3 aromatic rings. The molecule has 1 aliphatic rings. The molecule has 0 saturated carbocycles. The van der Waals surface area contributed by atoms with Gasteiger partial charge in [-0.2, -0.15) is 4.91 Å². The van der Waals surface area contributed by atoms with Crippen molar-refractivity contribution in [1.82, 2.24) is 19.9 Å². The van der Waals surface area contributed by atoms with Gasteiger partial charge in [-0.25, -0.2) is 23.4 Å². The van der Waals surface area contributed by atoms with E-state index in [2.05, 4.69) is 25.1 Å². The van der Waals surface area contributed by atoms with Gasteiger partial charge in [0.05, 0.1) is 23.0 Å². The molecule has 0 aliphatic carbocycles. The van der Waals surface area contributed by atoms with Crippen LogP contribution >= 0.6 is 11.3 Å². The molecule has 0 spiro atoms. The molecule has 0 aromatic carbocycles. The Balaban J connectivity index is 1.81. The first-order chi connectivity index (χ1) is 13.4. The Morgan fingerprint density at radius 1 is 1.29 bits per heavy atom. The van der Waals surface area contributed by atoms with E-state index in [-0.39, 0.29) is 24.5 Å². The van der Waals surface area contributed by atoms with Crippen molar-refractivity contribution in [2.24, 2.45) is 5.18 Å². The van der Waals surface area contributed by atoms with E-state index in [4.69, 9.17) is 0 Å². The van der Waals surface area contributed by atoms with Crippen LogP contribution in [-0.2, 0) is 10.0 Å². The quantitative estimate of drug-likeness (QED) is 0.600. The van der Waals surface area contributed by atoms with Gasteiger partial charge in [0, 0.05) is 24.5 Å². The summed E-state index contributed by atoms with van der Waals surface area (Å²) in [5.74, 6) is 0.164. The third kappa shape index (κ3) is 3.27. The predicted molar refractivity (Wildman–Crippen MR) is 106 cm³/mol. The van der Waals surface area contributed by atoms with Gasteiger partial charge >= 0.3 is 0 Å². The lowest BCUT2D eigenvalue weighted by molar-refractivity contribution is 0.569. The first kappa shape index (κ1) is 18.6. The molecule has 1 aliphatic heterocycles. The summed E-state index contributed by atoms with van der Waals surface area (Å²) < 4.78 is 25.3. The highest BCUT2D eigenvalue weighted by Crippen LogP contribution is 2.38. The molecular formula is C17H16N6O3S2. The first-order valence-electron chi connectivity index (χ1n) is 8.44. The van der Waals surface area contributed by atoms with Gasteiger partial charge in [0.2, 0.25) is 10.0 Å². The van der Waals surface area contributed by atoms with Crippen molar-refractivity contribution in [3.63, 3.8) is 0 Å². The number of aromatic nitrogens is 4. The number of pyridine rings is 1. The van der Waals surface area contributed by atoms with Crippen molar-refractivity contribution in [2.75, 3.05) is 17.1 Å². The van der Waals surface area contributed by atoms with Gasteiger partial charge < -0.3 is 0 Å². The van der Waals surface area contributed by atoms with Crippen LogP contribution in [0.25, 0.3) is 21.1 Å². The Bertz CT molecular complexity index is 1150. The van der Waals surface area contributed by atoms with Crippen LogP contribution in [0.15, 0.2) is 35.9 Å². The molecule has 28 heavy (non-hydrogen) atoms. The predicted octanol–water partition coefficient (Wildman–Crippen LogP) is 2.95. The topological polar surface area (TPSA) is 118 Å². The lowest BCUT2D eigenvalue weighted by atomic mass is 10.1. The van der Waals surface area contributed by atoms with Crippen LogP contribution in [0, 0.1) is 11.8 Å². The Kier molecular flexibility index (Phi) is 4.63. The van der Waals surface area contributed by atoms with Crippen molar-refractivity contribution in [2.45, 2.75) is 19.4 Å². The number of hydrogen-bond donors (Lipinski definition) is 0. The van der Waals surface area contributed by atoms with Crippen LogP contribution in [0.3, 0.4) is 0 Å². The third-order valence-corrected chi connectivity index (χ3v) is 6.79. The maximum absolute atomic E-state index is 12.0. The molecule has 144 valence electrons. The molecule has 4 heterocycles. The monoisotopic (exact) mass is 416 g/mol. The number of nitroso groups, excluding NO2 is 1. The van der Waals surface area contributed by atoms with E-state index in [1.165, 1.54) is 21.8 Å². The van der Waals surface area contributed by atoms with Gasteiger partial charge in [-0.15, -0.1) is 11.3 Å². The summed E-state index contributed by atoms with van der Waals surface area (Å²) in [6, 6.07) is 3.03. The summed E-state index contributed by atoms with van der Waals surface area (Å²) in [5.41, 5.74) is 2.47. The minimum atomic E-state index is -3.52. The van der Waals surface area contributed by atoms with Crippen LogP contribution in [0.4, 0.5) is 5.82 Å². The molecule has 9 nitrogen and oxygen atoms in total. The molecule has 4 rings (SSSR count). The lowest BCUT2D eigenvalue weighted by Gasteiger charge is -2.29. The molecule has 0 bridgehead atoms. The highest BCUT2D eigenvalue weighted by atomic mass is 32.2. The van der Waals surface area contributed by atoms with Gasteiger partial charge in [0.25, 0.3) is 0 Å². The number of hydrogen-bond acceptors (Lipinski definition) is 9. The zero-order valence-corrected chi connectivity index (χ0v) is 16.7. The SMILES string of the molecule is Cc1nc(-c2cccnc2)sc1-c1cnc2c(n1)C(N=O)CCN2S(C)(=O)=O. The molecular weight excluding hydrogens is 400 g/mol. The second-order valence-electron chi connectivity index (χ2n) is 6.38. The van der Waals surface area contributed by atoms with E-state index >= 15 is 0 Å².